The van der Waals surface area contributed by atoms with Crippen molar-refractivity contribution in [2.24, 2.45) is 4.99 Å². The van der Waals surface area contributed by atoms with Crippen molar-refractivity contribution in [3.63, 3.8) is 0 Å². The number of anilines is 5. The molecule has 5 heterocycles. The van der Waals surface area contributed by atoms with E-state index in [9.17, 15) is 0 Å². The number of fused-ring (bicyclic) bond motifs is 7. The van der Waals surface area contributed by atoms with Gasteiger partial charge in [0.25, 0.3) is 0 Å². The van der Waals surface area contributed by atoms with Crippen molar-refractivity contribution in [1.29, 1.82) is 0 Å². The number of pyridine rings is 1. The minimum atomic E-state index is 0.205. The maximum absolute atomic E-state index is 6.21. The number of amidine groups is 1. The highest BCUT2D eigenvalue weighted by Gasteiger charge is 2.36. The third-order valence-corrected chi connectivity index (χ3v) is 9.07. The predicted octanol–water partition coefficient (Wildman–Crippen LogP) is 9.09. The van der Waals surface area contributed by atoms with Gasteiger partial charge in [-0.3, -0.25) is 14.8 Å². The van der Waals surface area contributed by atoms with Crippen LogP contribution in [-0.2, 0) is 0 Å². The van der Waals surface area contributed by atoms with Crippen LogP contribution in [0.5, 0.6) is 23.0 Å². The van der Waals surface area contributed by atoms with Gasteiger partial charge in [0.2, 0.25) is 0 Å². The fourth-order valence-corrected chi connectivity index (χ4v) is 7.21. The smallest absolute Gasteiger partial charge is 0.151 e. The van der Waals surface area contributed by atoms with Crippen LogP contribution in [0.3, 0.4) is 0 Å². The van der Waals surface area contributed by atoms with E-state index in [0.717, 1.165) is 57.4 Å². The topological polar surface area (TPSA) is 50.2 Å². The highest BCUT2D eigenvalue weighted by Crippen LogP contribution is 2.55. The van der Waals surface area contributed by atoms with E-state index in [1.807, 2.05) is 90.8 Å². The number of rotatable bonds is 1. The molecule has 0 aliphatic carbocycles. The van der Waals surface area contributed by atoms with E-state index >= 15 is 0 Å². The molecule has 5 aromatic rings. The zero-order valence-corrected chi connectivity index (χ0v) is 22.6. The molecule has 7 heteroatoms. The highest BCUT2D eigenvalue weighted by atomic mass is 32.2. The number of benzene rings is 4. The summed E-state index contributed by atoms with van der Waals surface area (Å²) in [7, 11) is 0. The van der Waals surface area contributed by atoms with Crippen molar-refractivity contribution in [1.82, 2.24) is 4.98 Å². The molecule has 0 saturated heterocycles. The van der Waals surface area contributed by atoms with Crippen molar-refractivity contribution in [2.45, 2.75) is 10.8 Å². The van der Waals surface area contributed by atoms with Crippen LogP contribution in [-0.4, -0.2) is 17.4 Å². The zero-order chi connectivity index (χ0) is 26.9. The van der Waals surface area contributed by atoms with Gasteiger partial charge in [-0.15, -0.1) is 0 Å². The standard InChI is InChI=1S/C34H22N4O2S/c1-5-13-27-23(9-1)37(24-10-2-6-14-28(24)39-27)33-17-31-21(19-35-33)22-20-36-34(18-32(22)41-31)38-25-11-3-7-15-29(25)40-30-16-8-4-12-26(30)38/h1-19,22H,20H2. The monoisotopic (exact) mass is 550 g/mol. The molecule has 0 saturated carbocycles. The van der Waals surface area contributed by atoms with Gasteiger partial charge in [0, 0.05) is 21.9 Å². The SMILES string of the molecule is C1=C2Sc3cc(N4c5ccccc5Oc5ccccc54)ncc3C2CN=C1N1c2ccccc2Oc2ccccc21. The number of ether oxygens (including phenoxy) is 2. The molecular weight excluding hydrogens is 528 g/mol. The number of dihydropyridines is 1. The molecule has 196 valence electrons. The summed E-state index contributed by atoms with van der Waals surface area (Å²) >= 11 is 1.82. The summed E-state index contributed by atoms with van der Waals surface area (Å²) in [6.07, 6.45) is 4.26. The molecule has 0 radical (unpaired) electrons. The Morgan fingerprint density at radius 2 is 1.17 bits per heavy atom. The second kappa shape index (κ2) is 8.74. The van der Waals surface area contributed by atoms with Gasteiger partial charge in [-0.1, -0.05) is 60.3 Å². The molecular formula is C34H22N4O2S. The summed E-state index contributed by atoms with van der Waals surface area (Å²) in [4.78, 5) is 17.0. The maximum atomic E-state index is 6.21. The molecule has 4 aromatic carbocycles. The maximum Gasteiger partial charge on any atom is 0.151 e. The number of para-hydroxylation sites is 8. The summed E-state index contributed by atoms with van der Waals surface area (Å²) < 4.78 is 12.4. The quantitative estimate of drug-likeness (QED) is 0.204. The molecule has 4 aliphatic rings. The molecule has 41 heavy (non-hydrogen) atoms. The van der Waals surface area contributed by atoms with Crippen LogP contribution in [0.15, 0.2) is 130 Å². The number of hydrogen-bond donors (Lipinski definition) is 0. The average Bonchev–Trinajstić information content (AvgIpc) is 3.39. The van der Waals surface area contributed by atoms with Crippen LogP contribution in [0.25, 0.3) is 0 Å². The Morgan fingerprint density at radius 1 is 0.659 bits per heavy atom. The fraction of sp³-hybridized carbons (Fsp3) is 0.0588. The van der Waals surface area contributed by atoms with Gasteiger partial charge in [0.15, 0.2) is 23.0 Å². The summed E-state index contributed by atoms with van der Waals surface area (Å²) in [5.74, 6) is 5.30. The number of aromatic nitrogens is 1. The predicted molar refractivity (Wildman–Crippen MR) is 163 cm³/mol. The third kappa shape index (κ3) is 3.45. The number of thioether (sulfide) groups is 1. The first-order chi connectivity index (χ1) is 20.3. The Balaban J connectivity index is 1.10. The molecule has 1 unspecified atom stereocenters. The van der Waals surface area contributed by atoms with E-state index in [1.165, 1.54) is 15.4 Å². The molecule has 6 nitrogen and oxygen atoms in total. The number of nitrogens with zero attached hydrogens (tertiary/aromatic N) is 4. The molecule has 0 fully saturated rings. The molecule has 0 spiro atoms. The minimum Gasteiger partial charge on any atom is -0.453 e. The molecule has 0 bridgehead atoms. The minimum absolute atomic E-state index is 0.205. The van der Waals surface area contributed by atoms with Crippen molar-refractivity contribution in [3.8, 4) is 23.0 Å². The third-order valence-electron chi connectivity index (χ3n) is 7.86. The van der Waals surface area contributed by atoms with Crippen molar-refractivity contribution in [3.05, 3.63) is 126 Å². The molecule has 0 N–H and O–H groups in total. The van der Waals surface area contributed by atoms with E-state index in [-0.39, 0.29) is 5.92 Å². The van der Waals surface area contributed by atoms with Gasteiger partial charge >= 0.3 is 0 Å². The van der Waals surface area contributed by atoms with Crippen LogP contribution in [0, 0.1) is 0 Å². The fourth-order valence-electron chi connectivity index (χ4n) is 5.98. The van der Waals surface area contributed by atoms with E-state index in [2.05, 4.69) is 46.2 Å². The van der Waals surface area contributed by atoms with Crippen LogP contribution in [0.2, 0.25) is 0 Å². The van der Waals surface area contributed by atoms with Gasteiger partial charge < -0.3 is 9.47 Å². The van der Waals surface area contributed by atoms with E-state index in [1.54, 1.807) is 0 Å². The Kier molecular flexibility index (Phi) is 4.86. The number of aliphatic imine (C=N–C) groups is 1. The van der Waals surface area contributed by atoms with Gasteiger partial charge in [-0.05, 0) is 66.2 Å². The zero-order valence-electron chi connectivity index (χ0n) is 21.8. The van der Waals surface area contributed by atoms with Crippen LogP contribution < -0.4 is 19.3 Å². The highest BCUT2D eigenvalue weighted by molar-refractivity contribution is 8.03. The summed E-state index contributed by atoms with van der Waals surface area (Å²) in [5.41, 5.74) is 5.18. The molecule has 9 rings (SSSR count). The first-order valence-electron chi connectivity index (χ1n) is 13.6. The molecule has 1 atom stereocenters. The summed E-state index contributed by atoms with van der Waals surface area (Å²) in [5, 5.41) is 0. The lowest BCUT2D eigenvalue weighted by molar-refractivity contribution is 0.476. The van der Waals surface area contributed by atoms with Crippen LogP contribution >= 0.6 is 11.8 Å². The summed E-state index contributed by atoms with van der Waals surface area (Å²) in [6.45, 7) is 0.674. The Labute approximate surface area is 241 Å². The Morgan fingerprint density at radius 3 is 1.73 bits per heavy atom. The first kappa shape index (κ1) is 22.8. The van der Waals surface area contributed by atoms with Gasteiger partial charge in [0.05, 0.1) is 29.3 Å². The lowest BCUT2D eigenvalue weighted by Crippen LogP contribution is -2.30. The first-order valence-corrected chi connectivity index (χ1v) is 14.4. The second-order valence-electron chi connectivity index (χ2n) is 10.2. The lowest BCUT2D eigenvalue weighted by Gasteiger charge is -2.34. The van der Waals surface area contributed by atoms with Crippen LogP contribution in [0.1, 0.15) is 11.5 Å². The largest absolute Gasteiger partial charge is 0.453 e. The molecule has 4 aliphatic heterocycles. The second-order valence-corrected chi connectivity index (χ2v) is 11.3. The van der Waals surface area contributed by atoms with Crippen molar-refractivity contribution in [2.75, 3.05) is 16.3 Å². The van der Waals surface area contributed by atoms with Gasteiger partial charge in [-0.25, -0.2) is 4.98 Å². The normalized spacial score (nSPS) is 17.4. The Hall–Kier alpha value is -5.01. The summed E-state index contributed by atoms with van der Waals surface area (Å²) in [6, 6.07) is 34.7. The lowest BCUT2D eigenvalue weighted by atomic mass is 9.98. The van der Waals surface area contributed by atoms with E-state index < -0.39 is 0 Å². The average molecular weight is 551 g/mol. The Bertz CT molecular complexity index is 1860. The van der Waals surface area contributed by atoms with Crippen molar-refractivity contribution < 1.29 is 9.47 Å². The van der Waals surface area contributed by atoms with Crippen LogP contribution in [0.4, 0.5) is 28.6 Å². The molecule has 0 amide bonds. The van der Waals surface area contributed by atoms with E-state index in [0.29, 0.717) is 6.54 Å². The van der Waals surface area contributed by atoms with Gasteiger partial charge in [0.1, 0.15) is 11.7 Å². The molecule has 1 aromatic heterocycles. The van der Waals surface area contributed by atoms with Gasteiger partial charge in [-0.2, -0.15) is 0 Å². The van der Waals surface area contributed by atoms with E-state index in [4.69, 9.17) is 19.5 Å². The van der Waals surface area contributed by atoms with Crippen molar-refractivity contribution >= 4 is 46.2 Å². The number of hydrogen-bond acceptors (Lipinski definition) is 7.